The van der Waals surface area contributed by atoms with Gasteiger partial charge in [-0.05, 0) is 39.7 Å². The van der Waals surface area contributed by atoms with Gasteiger partial charge in [0.1, 0.15) is 5.60 Å². The first-order chi connectivity index (χ1) is 12.9. The fourth-order valence-corrected chi connectivity index (χ4v) is 2.32. The minimum Gasteiger partial charge on any atom is -0.444 e. The van der Waals surface area contributed by atoms with E-state index in [2.05, 4.69) is 20.9 Å². The molecule has 7 heteroatoms. The van der Waals surface area contributed by atoms with Gasteiger partial charge in [-0.1, -0.05) is 30.3 Å². The van der Waals surface area contributed by atoms with Crippen LogP contribution in [0.1, 0.15) is 45.7 Å². The first-order valence-corrected chi connectivity index (χ1v) is 9.41. The number of nitrogens with one attached hydrogen (secondary N) is 3. The number of nitrogens with zero attached hydrogens (tertiary/aromatic N) is 1. The molecule has 152 valence electrons. The number of hydrogen-bond acceptors (Lipinski definition) is 4. The van der Waals surface area contributed by atoms with Crippen molar-refractivity contribution >= 4 is 12.1 Å². The van der Waals surface area contributed by atoms with Crippen LogP contribution >= 0.6 is 0 Å². The molecule has 3 N–H and O–H groups in total. The van der Waals surface area contributed by atoms with Gasteiger partial charge < -0.3 is 25.4 Å². The number of aliphatic imine (C=N–C) groups is 1. The van der Waals surface area contributed by atoms with E-state index < -0.39 is 11.7 Å². The summed E-state index contributed by atoms with van der Waals surface area (Å²) in [7, 11) is 1.69. The number of hydrogen-bond donors (Lipinski definition) is 3. The van der Waals surface area contributed by atoms with E-state index in [0.29, 0.717) is 19.1 Å². The zero-order valence-corrected chi connectivity index (χ0v) is 17.2. The van der Waals surface area contributed by atoms with Gasteiger partial charge in [0.25, 0.3) is 0 Å². The molecule has 0 aliphatic carbocycles. The van der Waals surface area contributed by atoms with E-state index in [0.717, 1.165) is 25.1 Å². The number of ether oxygens (including phenoxy) is 2. The second-order valence-corrected chi connectivity index (χ2v) is 7.10. The minimum atomic E-state index is -0.549. The maximum Gasteiger partial charge on any atom is 0.408 e. The van der Waals surface area contributed by atoms with Crippen LogP contribution in [0.3, 0.4) is 0 Å². The Hall–Kier alpha value is -2.28. The molecule has 1 aromatic rings. The van der Waals surface area contributed by atoms with Crippen molar-refractivity contribution < 1.29 is 14.3 Å². The summed E-state index contributed by atoms with van der Waals surface area (Å²) in [6, 6.07) is 9.48. The molecule has 0 bridgehead atoms. The third-order valence-electron chi connectivity index (χ3n) is 3.49. The summed E-state index contributed by atoms with van der Waals surface area (Å²) in [6.07, 6.45) is 0.434. The van der Waals surface area contributed by atoms with Gasteiger partial charge in [-0.25, -0.2) is 4.79 Å². The van der Waals surface area contributed by atoms with Crippen LogP contribution < -0.4 is 16.0 Å². The lowest BCUT2D eigenvalue weighted by Gasteiger charge is -2.23. The van der Waals surface area contributed by atoms with Crippen LogP contribution in [-0.2, 0) is 9.47 Å². The van der Waals surface area contributed by atoms with Crippen LogP contribution in [0.2, 0.25) is 0 Å². The van der Waals surface area contributed by atoms with E-state index in [4.69, 9.17) is 9.47 Å². The molecule has 0 saturated heterocycles. The average Bonchev–Trinajstić information content (AvgIpc) is 2.61. The largest absolute Gasteiger partial charge is 0.444 e. The maximum absolute atomic E-state index is 12.2. The Kier molecular flexibility index (Phi) is 10.3. The van der Waals surface area contributed by atoms with Crippen molar-refractivity contribution in [3.63, 3.8) is 0 Å². The topological polar surface area (TPSA) is 84.0 Å². The summed E-state index contributed by atoms with van der Waals surface area (Å²) in [5.74, 6) is 0.709. The Bertz CT molecular complexity index is 570. The molecule has 1 aromatic carbocycles. The van der Waals surface area contributed by atoms with Crippen molar-refractivity contribution in [2.45, 2.75) is 45.8 Å². The fraction of sp³-hybridized carbons (Fsp3) is 0.600. The molecule has 1 amide bonds. The predicted molar refractivity (Wildman–Crippen MR) is 109 cm³/mol. The van der Waals surface area contributed by atoms with Crippen LogP contribution in [0.15, 0.2) is 35.3 Å². The molecule has 1 rings (SSSR count). The number of carbonyl (C=O) groups excluding carboxylic acids is 1. The monoisotopic (exact) mass is 378 g/mol. The molecule has 0 saturated carbocycles. The quantitative estimate of drug-likeness (QED) is 0.350. The van der Waals surface area contributed by atoms with E-state index in [-0.39, 0.29) is 6.04 Å². The second kappa shape index (κ2) is 12.2. The second-order valence-electron chi connectivity index (χ2n) is 7.10. The van der Waals surface area contributed by atoms with Crippen molar-refractivity contribution in [1.29, 1.82) is 0 Å². The molecular formula is C20H34N4O3. The highest BCUT2D eigenvalue weighted by Crippen LogP contribution is 2.15. The van der Waals surface area contributed by atoms with E-state index in [1.54, 1.807) is 7.11 Å². The molecule has 0 fully saturated rings. The van der Waals surface area contributed by atoms with Crippen molar-refractivity contribution in [1.82, 2.24) is 16.0 Å². The standard InChI is InChI=1S/C20H34N4O3/c1-6-21-18(22-13-10-14-26-5)23-15-17(16-11-8-7-9-12-16)24-19(25)27-20(2,3)4/h7-9,11-12,17H,6,10,13-15H2,1-5H3,(H,24,25)(H2,21,22,23). The molecule has 1 unspecified atom stereocenters. The molecule has 27 heavy (non-hydrogen) atoms. The maximum atomic E-state index is 12.2. The van der Waals surface area contributed by atoms with E-state index in [1.807, 2.05) is 58.0 Å². The molecule has 0 aliphatic rings. The lowest BCUT2D eigenvalue weighted by atomic mass is 10.1. The summed E-state index contributed by atoms with van der Waals surface area (Å²) in [4.78, 5) is 16.9. The van der Waals surface area contributed by atoms with Crippen molar-refractivity contribution in [3.05, 3.63) is 35.9 Å². The highest BCUT2D eigenvalue weighted by molar-refractivity contribution is 5.79. The number of rotatable bonds is 9. The molecule has 1 atom stereocenters. The molecule has 0 radical (unpaired) electrons. The Morgan fingerprint density at radius 2 is 1.89 bits per heavy atom. The Morgan fingerprint density at radius 3 is 2.48 bits per heavy atom. The van der Waals surface area contributed by atoms with Gasteiger partial charge in [-0.15, -0.1) is 0 Å². The Labute approximate surface area is 162 Å². The number of carbonyl (C=O) groups is 1. The molecule has 0 aliphatic heterocycles. The normalized spacial score (nSPS) is 13.0. The lowest BCUT2D eigenvalue weighted by molar-refractivity contribution is 0.0505. The first kappa shape index (κ1) is 22.8. The van der Waals surface area contributed by atoms with E-state index in [1.165, 1.54) is 0 Å². The van der Waals surface area contributed by atoms with Crippen molar-refractivity contribution in [2.24, 2.45) is 4.99 Å². The molecule has 7 nitrogen and oxygen atoms in total. The minimum absolute atomic E-state index is 0.282. The van der Waals surface area contributed by atoms with Crippen LogP contribution in [0.5, 0.6) is 0 Å². The number of methoxy groups -OCH3 is 1. The molecular weight excluding hydrogens is 344 g/mol. The highest BCUT2D eigenvalue weighted by Gasteiger charge is 2.20. The number of guanidine groups is 1. The average molecular weight is 379 g/mol. The number of amides is 1. The van der Waals surface area contributed by atoms with Crippen LogP contribution in [0.25, 0.3) is 0 Å². The van der Waals surface area contributed by atoms with Gasteiger partial charge in [-0.3, -0.25) is 4.99 Å². The summed E-state index contributed by atoms with van der Waals surface area (Å²) in [5.41, 5.74) is 0.425. The van der Waals surface area contributed by atoms with Gasteiger partial charge in [0, 0.05) is 26.8 Å². The Morgan fingerprint density at radius 1 is 1.19 bits per heavy atom. The molecule has 0 heterocycles. The fourth-order valence-electron chi connectivity index (χ4n) is 2.32. The summed E-state index contributed by atoms with van der Waals surface area (Å²) < 4.78 is 10.5. The van der Waals surface area contributed by atoms with Gasteiger partial charge in [-0.2, -0.15) is 0 Å². The summed E-state index contributed by atoms with van der Waals surface area (Å²) >= 11 is 0. The van der Waals surface area contributed by atoms with Crippen molar-refractivity contribution in [2.75, 3.05) is 33.4 Å². The SMILES string of the molecule is CCNC(=NCC(NC(=O)OC(C)(C)C)c1ccccc1)NCCCOC. The number of benzene rings is 1. The molecule has 0 spiro atoms. The van der Waals surface area contributed by atoms with E-state index >= 15 is 0 Å². The summed E-state index contributed by atoms with van der Waals surface area (Å²) in [5, 5.41) is 9.40. The van der Waals surface area contributed by atoms with Gasteiger partial charge >= 0.3 is 6.09 Å². The van der Waals surface area contributed by atoms with Crippen LogP contribution in [-0.4, -0.2) is 51.0 Å². The number of alkyl carbamates (subject to hydrolysis) is 1. The predicted octanol–water partition coefficient (Wildman–Crippen LogP) is 2.84. The first-order valence-electron chi connectivity index (χ1n) is 9.41. The smallest absolute Gasteiger partial charge is 0.408 e. The zero-order chi connectivity index (χ0) is 20.1. The molecule has 0 aromatic heterocycles. The third kappa shape index (κ3) is 10.5. The summed E-state index contributed by atoms with van der Waals surface area (Å²) in [6.45, 7) is 10.1. The highest BCUT2D eigenvalue weighted by atomic mass is 16.6. The van der Waals surface area contributed by atoms with Gasteiger partial charge in [0.2, 0.25) is 0 Å². The van der Waals surface area contributed by atoms with Gasteiger partial charge in [0.05, 0.1) is 12.6 Å². The zero-order valence-electron chi connectivity index (χ0n) is 17.2. The van der Waals surface area contributed by atoms with E-state index in [9.17, 15) is 4.79 Å². The Balaban J connectivity index is 2.80. The lowest BCUT2D eigenvalue weighted by Crippen LogP contribution is -2.40. The van der Waals surface area contributed by atoms with Crippen LogP contribution in [0, 0.1) is 0 Å². The van der Waals surface area contributed by atoms with Crippen molar-refractivity contribution in [3.8, 4) is 0 Å². The third-order valence-corrected chi connectivity index (χ3v) is 3.49. The van der Waals surface area contributed by atoms with Gasteiger partial charge in [0.15, 0.2) is 5.96 Å². The van der Waals surface area contributed by atoms with Crippen LogP contribution in [0.4, 0.5) is 4.79 Å².